The van der Waals surface area contributed by atoms with Crippen LogP contribution in [-0.4, -0.2) is 30.5 Å². The predicted octanol–water partition coefficient (Wildman–Crippen LogP) is 3.54. The molecule has 7 heteroatoms. The average Bonchev–Trinajstić information content (AvgIpc) is 3.21. The lowest BCUT2D eigenvalue weighted by molar-refractivity contribution is -0.138. The number of carbonyl (C=O) groups is 1. The van der Waals surface area contributed by atoms with Crippen LogP contribution in [0.1, 0.15) is 16.7 Å². The highest BCUT2D eigenvalue weighted by molar-refractivity contribution is 7.89. The van der Waals surface area contributed by atoms with Gasteiger partial charge in [0, 0.05) is 34.6 Å². The van der Waals surface area contributed by atoms with Crippen molar-refractivity contribution in [3.63, 3.8) is 0 Å². The number of benzene rings is 3. The third-order valence-corrected chi connectivity index (χ3v) is 6.47. The first kappa shape index (κ1) is 21.4. The number of sulfonamides is 1. The van der Waals surface area contributed by atoms with Crippen LogP contribution in [0.25, 0.3) is 10.9 Å². The first-order valence-corrected chi connectivity index (χ1v) is 11.4. The topological polar surface area (TPSA) is 99.3 Å². The molecule has 1 atom stereocenters. The van der Waals surface area contributed by atoms with Crippen molar-refractivity contribution in [2.75, 3.05) is 0 Å². The van der Waals surface area contributed by atoms with E-state index in [9.17, 15) is 18.3 Å². The van der Waals surface area contributed by atoms with Crippen molar-refractivity contribution in [1.82, 2.24) is 9.71 Å². The molecular weight excluding hydrogens is 424 g/mol. The highest BCUT2D eigenvalue weighted by Gasteiger charge is 2.26. The van der Waals surface area contributed by atoms with Crippen molar-refractivity contribution in [2.24, 2.45) is 0 Å². The van der Waals surface area contributed by atoms with Gasteiger partial charge in [-0.15, -0.1) is 0 Å². The Hall–Kier alpha value is -3.86. The molecule has 3 N–H and O–H groups in total. The van der Waals surface area contributed by atoms with E-state index in [1.54, 1.807) is 18.3 Å². The molecule has 0 aliphatic rings. The Morgan fingerprint density at radius 2 is 1.53 bits per heavy atom. The first-order valence-electron chi connectivity index (χ1n) is 9.90. The molecule has 0 spiro atoms. The van der Waals surface area contributed by atoms with Crippen molar-refractivity contribution >= 4 is 26.9 Å². The summed E-state index contributed by atoms with van der Waals surface area (Å²) in [5.41, 5.74) is 3.10. The Labute approximate surface area is 186 Å². The van der Waals surface area contributed by atoms with Crippen LogP contribution in [0.15, 0.2) is 90.0 Å². The van der Waals surface area contributed by atoms with Crippen LogP contribution in [0.3, 0.4) is 0 Å². The van der Waals surface area contributed by atoms with Gasteiger partial charge >= 0.3 is 5.97 Å². The molecule has 1 heterocycles. The van der Waals surface area contributed by atoms with Gasteiger partial charge in [-0.25, -0.2) is 8.42 Å². The van der Waals surface area contributed by atoms with Crippen LogP contribution in [0, 0.1) is 11.8 Å². The number of nitrogens with one attached hydrogen (secondary N) is 2. The van der Waals surface area contributed by atoms with E-state index in [0.29, 0.717) is 5.56 Å². The fourth-order valence-electron chi connectivity index (χ4n) is 3.34. The van der Waals surface area contributed by atoms with E-state index in [0.717, 1.165) is 22.0 Å². The number of carboxylic acid groups (broad SMARTS) is 1. The van der Waals surface area contributed by atoms with Crippen molar-refractivity contribution in [2.45, 2.75) is 17.4 Å². The van der Waals surface area contributed by atoms with E-state index < -0.39 is 22.0 Å². The van der Waals surface area contributed by atoms with Gasteiger partial charge in [-0.2, -0.15) is 4.72 Å². The van der Waals surface area contributed by atoms with Gasteiger partial charge in [0.25, 0.3) is 0 Å². The normalized spacial score (nSPS) is 12.1. The monoisotopic (exact) mass is 444 g/mol. The zero-order valence-corrected chi connectivity index (χ0v) is 17.8. The maximum Gasteiger partial charge on any atom is 0.322 e. The Morgan fingerprint density at radius 3 is 2.22 bits per heavy atom. The number of hydrogen-bond acceptors (Lipinski definition) is 3. The highest BCUT2D eigenvalue weighted by Crippen LogP contribution is 2.20. The second-order valence-electron chi connectivity index (χ2n) is 7.22. The summed E-state index contributed by atoms with van der Waals surface area (Å²) in [6.45, 7) is 0. The van der Waals surface area contributed by atoms with E-state index in [-0.39, 0.29) is 11.3 Å². The zero-order valence-electron chi connectivity index (χ0n) is 16.9. The molecule has 32 heavy (non-hydrogen) atoms. The lowest BCUT2D eigenvalue weighted by Gasteiger charge is -2.14. The van der Waals surface area contributed by atoms with Gasteiger partial charge in [0.15, 0.2) is 0 Å². The van der Waals surface area contributed by atoms with Gasteiger partial charge in [-0.1, -0.05) is 48.2 Å². The summed E-state index contributed by atoms with van der Waals surface area (Å²) in [6.07, 6.45) is 1.72. The predicted molar refractivity (Wildman–Crippen MR) is 123 cm³/mol. The molecule has 0 unspecified atom stereocenters. The van der Waals surface area contributed by atoms with Gasteiger partial charge in [0.2, 0.25) is 10.0 Å². The van der Waals surface area contributed by atoms with Crippen LogP contribution in [0.2, 0.25) is 0 Å². The molecule has 4 aromatic rings. The van der Waals surface area contributed by atoms with Crippen molar-refractivity contribution in [3.8, 4) is 11.8 Å². The minimum Gasteiger partial charge on any atom is -0.480 e. The number of aliphatic carboxylic acids is 1. The average molecular weight is 445 g/mol. The maximum atomic E-state index is 12.8. The summed E-state index contributed by atoms with van der Waals surface area (Å²) < 4.78 is 27.9. The summed E-state index contributed by atoms with van der Waals surface area (Å²) in [4.78, 5) is 14.8. The van der Waals surface area contributed by atoms with E-state index in [4.69, 9.17) is 0 Å². The summed E-state index contributed by atoms with van der Waals surface area (Å²) in [5.74, 6) is 4.75. The molecule has 4 rings (SSSR count). The number of aromatic nitrogens is 1. The van der Waals surface area contributed by atoms with Crippen LogP contribution in [0.4, 0.5) is 0 Å². The molecule has 0 aliphatic carbocycles. The number of carboxylic acids is 1. The zero-order chi connectivity index (χ0) is 22.6. The summed E-state index contributed by atoms with van der Waals surface area (Å²) in [5, 5.41) is 10.5. The minimum atomic E-state index is -4.03. The Kier molecular flexibility index (Phi) is 6.08. The van der Waals surface area contributed by atoms with Gasteiger partial charge in [0.05, 0.1) is 4.90 Å². The number of H-pyrrole nitrogens is 1. The molecule has 1 aromatic heterocycles. The van der Waals surface area contributed by atoms with Gasteiger partial charge in [-0.3, -0.25) is 4.79 Å². The minimum absolute atomic E-state index is 0.0131. The van der Waals surface area contributed by atoms with Crippen LogP contribution in [0.5, 0.6) is 0 Å². The maximum absolute atomic E-state index is 12.8. The van der Waals surface area contributed by atoms with Crippen molar-refractivity contribution < 1.29 is 18.3 Å². The van der Waals surface area contributed by atoms with Crippen LogP contribution in [-0.2, 0) is 21.2 Å². The van der Waals surface area contributed by atoms with Crippen molar-refractivity contribution in [1.29, 1.82) is 0 Å². The molecule has 0 fully saturated rings. The Morgan fingerprint density at radius 1 is 0.906 bits per heavy atom. The molecule has 6 nitrogen and oxygen atoms in total. The number of rotatable bonds is 6. The molecule has 3 aromatic carbocycles. The molecule has 0 bridgehead atoms. The SMILES string of the molecule is O=C(O)[C@@H](Cc1c[nH]c2ccccc12)NS(=O)(=O)c1ccc(C#Cc2ccccc2)cc1. The largest absolute Gasteiger partial charge is 0.480 e. The Balaban J connectivity index is 1.51. The third kappa shape index (κ3) is 4.89. The summed E-state index contributed by atoms with van der Waals surface area (Å²) in [7, 11) is -4.03. The van der Waals surface area contributed by atoms with E-state index in [1.165, 1.54) is 12.1 Å². The summed E-state index contributed by atoms with van der Waals surface area (Å²) >= 11 is 0. The van der Waals surface area contributed by atoms with Gasteiger partial charge < -0.3 is 10.1 Å². The number of aromatic amines is 1. The van der Waals surface area contributed by atoms with E-state index in [2.05, 4.69) is 21.5 Å². The number of para-hydroxylation sites is 1. The van der Waals surface area contributed by atoms with E-state index >= 15 is 0 Å². The molecule has 0 saturated carbocycles. The number of fused-ring (bicyclic) bond motifs is 1. The van der Waals surface area contributed by atoms with E-state index in [1.807, 2.05) is 54.6 Å². The molecule has 0 amide bonds. The smallest absolute Gasteiger partial charge is 0.322 e. The molecule has 0 saturated heterocycles. The molecule has 160 valence electrons. The second-order valence-corrected chi connectivity index (χ2v) is 8.93. The molecular formula is C25H20N2O4S. The van der Waals surface area contributed by atoms with Crippen LogP contribution >= 0.6 is 0 Å². The lowest BCUT2D eigenvalue weighted by atomic mass is 10.1. The fraction of sp³-hybridized carbons (Fsp3) is 0.0800. The second kappa shape index (κ2) is 9.10. The van der Waals surface area contributed by atoms with Crippen molar-refractivity contribution in [3.05, 3.63) is 102 Å². The standard InChI is InChI=1S/C25H20N2O4S/c28-25(29)24(16-20-17-26-23-9-5-4-8-22(20)23)27-32(30,31)21-14-12-19(13-15-21)11-10-18-6-2-1-3-7-18/h1-9,12-15,17,24,26-27H,16H2,(H,28,29)/t24-/m1/s1. The first-order chi connectivity index (χ1) is 15.4. The molecule has 0 radical (unpaired) electrons. The van der Waals surface area contributed by atoms with Gasteiger partial charge in [0.1, 0.15) is 6.04 Å². The Bertz CT molecular complexity index is 1410. The quantitative estimate of drug-likeness (QED) is 0.396. The van der Waals surface area contributed by atoms with Gasteiger partial charge in [-0.05, 0) is 48.0 Å². The summed E-state index contributed by atoms with van der Waals surface area (Å²) in [6, 6.07) is 21.6. The third-order valence-electron chi connectivity index (χ3n) is 4.98. The van der Waals surface area contributed by atoms with Crippen LogP contribution < -0.4 is 4.72 Å². The highest BCUT2D eigenvalue weighted by atomic mass is 32.2. The molecule has 0 aliphatic heterocycles. The number of hydrogen-bond donors (Lipinski definition) is 3. The lowest BCUT2D eigenvalue weighted by Crippen LogP contribution is -2.42. The fourth-order valence-corrected chi connectivity index (χ4v) is 4.53.